The summed E-state index contributed by atoms with van der Waals surface area (Å²) in [6.07, 6.45) is 3.25. The minimum absolute atomic E-state index is 0.621. The van der Waals surface area contributed by atoms with Crippen LogP contribution in [-0.2, 0) is 0 Å². The van der Waals surface area contributed by atoms with Crippen molar-refractivity contribution in [2.45, 2.75) is 6.92 Å². The van der Waals surface area contributed by atoms with Crippen LogP contribution >= 0.6 is 11.6 Å². The van der Waals surface area contributed by atoms with E-state index in [9.17, 15) is 0 Å². The zero-order chi connectivity index (χ0) is 22.4. The molecule has 1 N–H and O–H groups in total. The Morgan fingerprint density at radius 3 is 2.73 bits per heavy atom. The highest BCUT2D eigenvalue weighted by Gasteiger charge is 2.15. The minimum atomic E-state index is 0.621. The molecule has 0 atom stereocenters. The summed E-state index contributed by atoms with van der Waals surface area (Å²) in [6, 6.07) is 21.4. The SMILES string of the molecule is Cc1cc(Nc2ncnc3c2cnn3-c2cccc(Cl)c2)n(-c2ccc3ccccc3n2)n1. The number of aromatic nitrogens is 7. The summed E-state index contributed by atoms with van der Waals surface area (Å²) in [7, 11) is 0. The van der Waals surface area contributed by atoms with Gasteiger partial charge in [-0.05, 0) is 43.3 Å². The maximum atomic E-state index is 6.16. The monoisotopic (exact) mass is 452 g/mol. The zero-order valence-corrected chi connectivity index (χ0v) is 18.3. The third kappa shape index (κ3) is 3.46. The normalized spacial score (nSPS) is 11.3. The molecule has 160 valence electrons. The Balaban J connectivity index is 1.42. The second-order valence-electron chi connectivity index (χ2n) is 7.57. The fourth-order valence-corrected chi connectivity index (χ4v) is 3.98. The van der Waals surface area contributed by atoms with Gasteiger partial charge in [0.05, 0.1) is 28.5 Å². The molecule has 6 aromatic rings. The largest absolute Gasteiger partial charge is 0.324 e. The molecular weight excluding hydrogens is 436 g/mol. The van der Waals surface area contributed by atoms with Crippen LogP contribution in [-0.4, -0.2) is 34.5 Å². The second-order valence-corrected chi connectivity index (χ2v) is 8.00. The summed E-state index contributed by atoms with van der Waals surface area (Å²) in [5.41, 5.74) is 3.25. The minimum Gasteiger partial charge on any atom is -0.324 e. The number of pyridine rings is 1. The molecule has 0 unspecified atom stereocenters. The predicted octanol–water partition coefficient (Wildman–Crippen LogP) is 5.25. The Morgan fingerprint density at radius 1 is 0.909 bits per heavy atom. The van der Waals surface area contributed by atoms with Crippen LogP contribution in [0.4, 0.5) is 11.6 Å². The quantitative estimate of drug-likeness (QED) is 0.393. The number of halogens is 1. The van der Waals surface area contributed by atoms with Gasteiger partial charge >= 0.3 is 0 Å². The lowest BCUT2D eigenvalue weighted by molar-refractivity contribution is 0.844. The highest BCUT2D eigenvalue weighted by atomic mass is 35.5. The van der Waals surface area contributed by atoms with E-state index in [-0.39, 0.29) is 0 Å². The first-order chi connectivity index (χ1) is 16.2. The molecule has 0 bridgehead atoms. The van der Waals surface area contributed by atoms with Crippen molar-refractivity contribution in [3.05, 3.63) is 90.0 Å². The van der Waals surface area contributed by atoms with Crippen molar-refractivity contribution in [2.24, 2.45) is 0 Å². The van der Waals surface area contributed by atoms with E-state index < -0.39 is 0 Å². The molecule has 0 fully saturated rings. The van der Waals surface area contributed by atoms with Crippen molar-refractivity contribution in [3.63, 3.8) is 0 Å². The van der Waals surface area contributed by atoms with Crippen molar-refractivity contribution < 1.29 is 0 Å². The lowest BCUT2D eigenvalue weighted by Crippen LogP contribution is -2.06. The van der Waals surface area contributed by atoms with Crippen LogP contribution in [0.15, 0.2) is 79.3 Å². The van der Waals surface area contributed by atoms with Gasteiger partial charge in [0.25, 0.3) is 0 Å². The van der Waals surface area contributed by atoms with Crippen LogP contribution in [0, 0.1) is 6.92 Å². The van der Waals surface area contributed by atoms with Crippen LogP contribution in [0.5, 0.6) is 0 Å². The lowest BCUT2D eigenvalue weighted by atomic mass is 10.2. The number of anilines is 2. The molecule has 33 heavy (non-hydrogen) atoms. The van der Waals surface area contributed by atoms with Crippen LogP contribution in [0.25, 0.3) is 33.4 Å². The summed E-state index contributed by atoms with van der Waals surface area (Å²) in [6.45, 7) is 1.94. The second kappa shape index (κ2) is 7.68. The van der Waals surface area contributed by atoms with E-state index in [1.165, 1.54) is 6.33 Å². The molecule has 0 spiro atoms. The van der Waals surface area contributed by atoms with Gasteiger partial charge in [-0.2, -0.15) is 14.9 Å². The van der Waals surface area contributed by atoms with Crippen molar-refractivity contribution in [3.8, 4) is 11.5 Å². The van der Waals surface area contributed by atoms with Gasteiger partial charge in [0.1, 0.15) is 18.0 Å². The molecule has 0 radical (unpaired) electrons. The van der Waals surface area contributed by atoms with E-state index in [4.69, 9.17) is 16.6 Å². The number of rotatable bonds is 4. The number of hydrogen-bond acceptors (Lipinski definition) is 6. The van der Waals surface area contributed by atoms with Crippen LogP contribution in [0.3, 0.4) is 0 Å². The molecule has 0 saturated heterocycles. The van der Waals surface area contributed by atoms with Gasteiger partial charge in [0, 0.05) is 16.5 Å². The number of nitrogens with one attached hydrogen (secondary N) is 1. The fraction of sp³-hybridized carbons (Fsp3) is 0.0417. The number of nitrogens with zero attached hydrogens (tertiary/aromatic N) is 7. The van der Waals surface area contributed by atoms with Crippen molar-refractivity contribution in [2.75, 3.05) is 5.32 Å². The van der Waals surface area contributed by atoms with Gasteiger partial charge in [-0.15, -0.1) is 0 Å². The van der Waals surface area contributed by atoms with Crippen LogP contribution in [0.1, 0.15) is 5.69 Å². The zero-order valence-electron chi connectivity index (χ0n) is 17.5. The molecule has 0 aliphatic rings. The Morgan fingerprint density at radius 2 is 1.82 bits per heavy atom. The summed E-state index contributed by atoms with van der Waals surface area (Å²) in [5, 5.41) is 15.0. The van der Waals surface area contributed by atoms with Crippen molar-refractivity contribution in [1.82, 2.24) is 34.5 Å². The number of benzene rings is 2. The first-order valence-electron chi connectivity index (χ1n) is 10.3. The molecule has 6 rings (SSSR count). The summed E-state index contributed by atoms with van der Waals surface area (Å²) < 4.78 is 3.51. The molecule has 2 aromatic carbocycles. The Hall–Kier alpha value is -4.30. The van der Waals surface area contributed by atoms with Crippen molar-refractivity contribution in [1.29, 1.82) is 0 Å². The number of hydrogen-bond donors (Lipinski definition) is 1. The highest BCUT2D eigenvalue weighted by molar-refractivity contribution is 6.30. The van der Waals surface area contributed by atoms with E-state index in [1.807, 2.05) is 73.7 Å². The smallest absolute Gasteiger partial charge is 0.168 e. The summed E-state index contributed by atoms with van der Waals surface area (Å²) >= 11 is 6.16. The van der Waals surface area contributed by atoms with E-state index in [0.29, 0.717) is 22.3 Å². The number of aryl methyl sites for hydroxylation is 1. The molecule has 9 heteroatoms. The van der Waals surface area contributed by atoms with E-state index in [2.05, 4.69) is 25.5 Å². The van der Waals surface area contributed by atoms with Crippen molar-refractivity contribution >= 4 is 45.2 Å². The standard InChI is InChI=1S/C24H17ClN8/c1-15-11-22(33(31-15)21-10-9-16-5-2-3-8-20(16)29-21)30-23-19-13-28-32(24(19)27-14-26-23)18-7-4-6-17(25)12-18/h2-14H,1H3,(H,26,27,30). The summed E-state index contributed by atoms with van der Waals surface area (Å²) in [4.78, 5) is 13.7. The predicted molar refractivity (Wildman–Crippen MR) is 129 cm³/mol. The molecule has 4 heterocycles. The average molecular weight is 453 g/mol. The Labute approximate surface area is 193 Å². The van der Waals surface area contributed by atoms with Crippen LogP contribution in [0.2, 0.25) is 5.02 Å². The Kier molecular flexibility index (Phi) is 4.51. The third-order valence-corrected chi connectivity index (χ3v) is 5.53. The van der Waals surface area contributed by atoms with Gasteiger partial charge in [-0.1, -0.05) is 35.9 Å². The molecular formula is C24H17ClN8. The van der Waals surface area contributed by atoms with Gasteiger partial charge in [0.15, 0.2) is 11.5 Å². The average Bonchev–Trinajstić information content (AvgIpc) is 3.43. The summed E-state index contributed by atoms with van der Waals surface area (Å²) in [5.74, 6) is 2.07. The number of para-hydroxylation sites is 1. The molecule has 4 aromatic heterocycles. The molecule has 0 amide bonds. The topological polar surface area (TPSA) is 86.3 Å². The van der Waals surface area contributed by atoms with E-state index >= 15 is 0 Å². The molecule has 8 nitrogen and oxygen atoms in total. The third-order valence-electron chi connectivity index (χ3n) is 5.30. The highest BCUT2D eigenvalue weighted by Crippen LogP contribution is 2.27. The number of fused-ring (bicyclic) bond motifs is 2. The molecule has 0 saturated carbocycles. The molecule has 0 aliphatic heterocycles. The van der Waals surface area contributed by atoms with Gasteiger partial charge in [-0.3, -0.25) is 0 Å². The maximum Gasteiger partial charge on any atom is 0.168 e. The molecule has 0 aliphatic carbocycles. The van der Waals surface area contributed by atoms with Gasteiger partial charge in [-0.25, -0.2) is 19.6 Å². The lowest BCUT2D eigenvalue weighted by Gasteiger charge is -2.10. The first kappa shape index (κ1) is 19.4. The Bertz CT molecular complexity index is 1630. The van der Waals surface area contributed by atoms with Crippen LogP contribution < -0.4 is 5.32 Å². The van der Waals surface area contributed by atoms with Gasteiger partial charge < -0.3 is 5.32 Å². The first-order valence-corrected chi connectivity index (χ1v) is 10.7. The van der Waals surface area contributed by atoms with E-state index in [0.717, 1.165) is 33.5 Å². The maximum absolute atomic E-state index is 6.16. The van der Waals surface area contributed by atoms with E-state index in [1.54, 1.807) is 15.6 Å². The fourth-order valence-electron chi connectivity index (χ4n) is 3.80. The van der Waals surface area contributed by atoms with Gasteiger partial charge in [0.2, 0.25) is 0 Å².